The van der Waals surface area contributed by atoms with Gasteiger partial charge in [0.1, 0.15) is 5.78 Å². The molecule has 0 aromatic rings. The lowest BCUT2D eigenvalue weighted by Crippen LogP contribution is -2.28. The van der Waals surface area contributed by atoms with Crippen LogP contribution in [0.15, 0.2) is 0 Å². The minimum atomic E-state index is -0.205. The molecule has 0 aliphatic carbocycles. The average molecular weight is 174 g/mol. The van der Waals surface area contributed by atoms with E-state index in [4.69, 9.17) is 0 Å². The molecule has 1 unspecified atom stereocenters. The van der Waals surface area contributed by atoms with Crippen molar-refractivity contribution in [3.63, 3.8) is 0 Å². The Balaban J connectivity index is 4.22. The highest BCUT2D eigenvalue weighted by atomic mass is 32.1. The van der Waals surface area contributed by atoms with Crippen LogP contribution in [-0.2, 0) is 4.79 Å². The topological polar surface area (TPSA) is 17.1 Å². The third-order valence-electron chi connectivity index (χ3n) is 1.82. The Morgan fingerprint density at radius 2 is 1.91 bits per heavy atom. The molecule has 0 saturated carbocycles. The van der Waals surface area contributed by atoms with Crippen molar-refractivity contribution in [3.05, 3.63) is 0 Å². The van der Waals surface area contributed by atoms with Crippen LogP contribution in [0.25, 0.3) is 0 Å². The van der Waals surface area contributed by atoms with Crippen LogP contribution in [0.4, 0.5) is 0 Å². The minimum Gasteiger partial charge on any atom is -0.299 e. The van der Waals surface area contributed by atoms with Gasteiger partial charge in [0, 0.05) is 11.3 Å². The van der Waals surface area contributed by atoms with Crippen molar-refractivity contribution in [3.8, 4) is 0 Å². The maximum Gasteiger partial charge on any atom is 0.142 e. The Morgan fingerprint density at radius 1 is 1.45 bits per heavy atom. The Hall–Kier alpha value is 0.0200. The molecular formula is C9H18OS. The van der Waals surface area contributed by atoms with Crippen molar-refractivity contribution < 1.29 is 4.79 Å². The van der Waals surface area contributed by atoms with E-state index in [1.54, 1.807) is 0 Å². The predicted molar refractivity (Wildman–Crippen MR) is 52.1 cm³/mol. The predicted octanol–water partition coefficient (Wildman–Crippen LogP) is 2.56. The first-order valence-corrected chi connectivity index (χ1v) is 4.72. The van der Waals surface area contributed by atoms with E-state index in [-0.39, 0.29) is 11.3 Å². The van der Waals surface area contributed by atoms with E-state index in [0.29, 0.717) is 11.5 Å². The number of carbonyl (C=O) groups excluding carboxylic acids is 1. The third kappa shape index (κ3) is 3.28. The number of ketones is 1. The van der Waals surface area contributed by atoms with Gasteiger partial charge in [-0.3, -0.25) is 4.79 Å². The van der Waals surface area contributed by atoms with Crippen LogP contribution in [0, 0.1) is 11.3 Å². The van der Waals surface area contributed by atoms with Crippen molar-refractivity contribution in [1.29, 1.82) is 0 Å². The zero-order chi connectivity index (χ0) is 9.07. The monoisotopic (exact) mass is 174 g/mol. The number of rotatable bonds is 3. The van der Waals surface area contributed by atoms with Gasteiger partial charge in [0.25, 0.3) is 0 Å². The molecule has 0 amide bonds. The van der Waals surface area contributed by atoms with Crippen molar-refractivity contribution in [1.82, 2.24) is 0 Å². The summed E-state index contributed by atoms with van der Waals surface area (Å²) >= 11 is 4.15. The second-order valence-electron chi connectivity index (χ2n) is 3.90. The summed E-state index contributed by atoms with van der Waals surface area (Å²) in [5.41, 5.74) is -0.205. The van der Waals surface area contributed by atoms with Gasteiger partial charge in [-0.1, -0.05) is 27.7 Å². The van der Waals surface area contributed by atoms with E-state index < -0.39 is 0 Å². The number of carbonyl (C=O) groups is 1. The van der Waals surface area contributed by atoms with Crippen molar-refractivity contribution in [2.24, 2.45) is 11.3 Å². The summed E-state index contributed by atoms with van der Waals surface area (Å²) in [5.74, 6) is 1.14. The lowest BCUT2D eigenvalue weighted by molar-refractivity contribution is -0.129. The quantitative estimate of drug-likeness (QED) is 0.651. The van der Waals surface area contributed by atoms with Crippen molar-refractivity contribution >= 4 is 18.4 Å². The zero-order valence-electron chi connectivity index (χ0n) is 7.85. The fraction of sp³-hybridized carbons (Fsp3) is 0.889. The van der Waals surface area contributed by atoms with E-state index in [1.165, 1.54) is 0 Å². The molecule has 1 atom stereocenters. The largest absolute Gasteiger partial charge is 0.299 e. The summed E-state index contributed by atoms with van der Waals surface area (Å²) < 4.78 is 0. The molecule has 0 fully saturated rings. The first kappa shape index (κ1) is 11.0. The molecule has 0 radical (unpaired) electrons. The van der Waals surface area contributed by atoms with Crippen LogP contribution in [-0.4, -0.2) is 11.5 Å². The Morgan fingerprint density at radius 3 is 2.00 bits per heavy atom. The normalized spacial score (nSPS) is 14.6. The van der Waals surface area contributed by atoms with Gasteiger partial charge >= 0.3 is 0 Å². The molecule has 0 aromatic carbocycles. The number of Topliss-reactive ketones (excluding diaryl/α,β-unsaturated/α-hetero) is 1. The molecule has 0 aliphatic rings. The van der Waals surface area contributed by atoms with Gasteiger partial charge in [-0.05, 0) is 12.2 Å². The highest BCUT2D eigenvalue weighted by molar-refractivity contribution is 7.80. The van der Waals surface area contributed by atoms with Gasteiger partial charge in [-0.2, -0.15) is 12.6 Å². The molecule has 0 bridgehead atoms. The van der Waals surface area contributed by atoms with Crippen LogP contribution in [0.1, 0.15) is 34.1 Å². The summed E-state index contributed by atoms with van der Waals surface area (Å²) in [5, 5.41) is 0. The maximum absolute atomic E-state index is 11.6. The highest BCUT2D eigenvalue weighted by Gasteiger charge is 2.27. The second kappa shape index (κ2) is 4.15. The Kier molecular flexibility index (Phi) is 4.16. The van der Waals surface area contributed by atoms with Crippen molar-refractivity contribution in [2.45, 2.75) is 34.1 Å². The number of hydrogen-bond acceptors (Lipinski definition) is 2. The summed E-state index contributed by atoms with van der Waals surface area (Å²) in [7, 11) is 0. The molecule has 11 heavy (non-hydrogen) atoms. The van der Waals surface area contributed by atoms with Crippen LogP contribution in [0.5, 0.6) is 0 Å². The molecule has 0 heterocycles. The van der Waals surface area contributed by atoms with Gasteiger partial charge < -0.3 is 0 Å². The standard InChI is InChI=1S/C9H18OS/c1-5-7(6-11)8(10)9(2,3)4/h7,11H,5-6H2,1-4H3. The third-order valence-corrected chi connectivity index (χ3v) is 2.26. The first-order chi connectivity index (χ1) is 4.93. The fourth-order valence-corrected chi connectivity index (χ4v) is 1.43. The zero-order valence-corrected chi connectivity index (χ0v) is 8.74. The highest BCUT2D eigenvalue weighted by Crippen LogP contribution is 2.22. The lowest BCUT2D eigenvalue weighted by atomic mass is 9.83. The van der Waals surface area contributed by atoms with Gasteiger partial charge in [0.15, 0.2) is 0 Å². The van der Waals surface area contributed by atoms with E-state index in [9.17, 15) is 4.79 Å². The van der Waals surface area contributed by atoms with Gasteiger partial charge in [-0.15, -0.1) is 0 Å². The fourth-order valence-electron chi connectivity index (χ4n) is 1.01. The van der Waals surface area contributed by atoms with Gasteiger partial charge in [0.2, 0.25) is 0 Å². The van der Waals surface area contributed by atoms with Crippen molar-refractivity contribution in [2.75, 3.05) is 5.75 Å². The number of thiol groups is 1. The lowest BCUT2D eigenvalue weighted by Gasteiger charge is -2.22. The van der Waals surface area contributed by atoms with Crippen LogP contribution in [0.2, 0.25) is 0 Å². The van der Waals surface area contributed by atoms with Crippen LogP contribution < -0.4 is 0 Å². The van der Waals surface area contributed by atoms with E-state index in [0.717, 1.165) is 6.42 Å². The second-order valence-corrected chi connectivity index (χ2v) is 4.27. The maximum atomic E-state index is 11.6. The summed E-state index contributed by atoms with van der Waals surface area (Å²) in [6.07, 6.45) is 0.902. The van der Waals surface area contributed by atoms with Crippen LogP contribution in [0.3, 0.4) is 0 Å². The minimum absolute atomic E-state index is 0.137. The summed E-state index contributed by atoms with van der Waals surface area (Å²) in [6, 6.07) is 0. The molecule has 66 valence electrons. The molecule has 1 nitrogen and oxygen atoms in total. The Labute approximate surface area is 75.0 Å². The SMILES string of the molecule is CCC(CS)C(=O)C(C)(C)C. The average Bonchev–Trinajstić information content (AvgIpc) is 1.88. The van der Waals surface area contributed by atoms with Gasteiger partial charge in [-0.25, -0.2) is 0 Å². The van der Waals surface area contributed by atoms with E-state index in [2.05, 4.69) is 12.6 Å². The van der Waals surface area contributed by atoms with Gasteiger partial charge in [0.05, 0.1) is 0 Å². The Bertz CT molecular complexity index is 131. The molecule has 0 N–H and O–H groups in total. The van der Waals surface area contributed by atoms with E-state index >= 15 is 0 Å². The first-order valence-electron chi connectivity index (χ1n) is 4.08. The number of hydrogen-bond donors (Lipinski definition) is 1. The molecular weight excluding hydrogens is 156 g/mol. The molecule has 0 aromatic heterocycles. The molecule has 0 spiro atoms. The van der Waals surface area contributed by atoms with E-state index in [1.807, 2.05) is 27.7 Å². The van der Waals surface area contributed by atoms with Crippen LogP contribution >= 0.6 is 12.6 Å². The summed E-state index contributed by atoms with van der Waals surface area (Å²) in [6.45, 7) is 7.91. The molecule has 0 rings (SSSR count). The summed E-state index contributed by atoms with van der Waals surface area (Å²) in [4.78, 5) is 11.6. The molecule has 0 saturated heterocycles. The molecule has 0 aliphatic heterocycles. The smallest absolute Gasteiger partial charge is 0.142 e. The molecule has 2 heteroatoms.